The first-order chi connectivity index (χ1) is 20.2. The number of ketones is 2. The minimum Gasteiger partial charge on any atom is -0.393 e. The van der Waals surface area contributed by atoms with E-state index in [1.807, 2.05) is 95.4 Å². The lowest BCUT2D eigenvalue weighted by Crippen LogP contribution is -2.50. The summed E-state index contributed by atoms with van der Waals surface area (Å²) in [4.78, 5) is 24.9. The normalized spacial score (nSPS) is 29.8. The zero-order chi connectivity index (χ0) is 33.5. The van der Waals surface area contributed by atoms with Gasteiger partial charge in [0.25, 0.3) is 0 Å². The third kappa shape index (κ3) is 9.95. The van der Waals surface area contributed by atoms with Crippen molar-refractivity contribution in [3.63, 3.8) is 0 Å². The number of Topliss-reactive ketones (excluding diaryl/α,β-unsaturated/α-hetero) is 1. The number of carbonyl (C=O) groups excluding carboxylic acids is 2. The van der Waals surface area contributed by atoms with Gasteiger partial charge in [-0.3, -0.25) is 9.59 Å². The molecule has 0 saturated heterocycles. The number of hydrogen-bond donors (Lipinski definition) is 3. The second-order valence-corrected chi connectivity index (χ2v) is 14.3. The van der Waals surface area contributed by atoms with E-state index >= 15 is 0 Å². The maximum Gasteiger partial charge on any atom is 0.161 e. The van der Waals surface area contributed by atoms with Crippen LogP contribution >= 0.6 is 0 Å². The maximum atomic E-state index is 12.9. The van der Waals surface area contributed by atoms with Crippen molar-refractivity contribution in [3.8, 4) is 0 Å². The second-order valence-electron chi connectivity index (χ2n) is 14.3. The van der Waals surface area contributed by atoms with Gasteiger partial charge >= 0.3 is 0 Å². The molecule has 2 aliphatic rings. The topological polar surface area (TPSA) is 94.8 Å². The lowest BCUT2D eigenvalue weighted by molar-refractivity contribution is -0.132. The zero-order valence-electron chi connectivity index (χ0n) is 28.5. The van der Waals surface area contributed by atoms with Gasteiger partial charge in [0.05, 0.1) is 17.3 Å². The minimum atomic E-state index is -1.34. The average molecular weight is 603 g/mol. The van der Waals surface area contributed by atoms with Crippen LogP contribution in [-0.4, -0.2) is 44.2 Å². The van der Waals surface area contributed by atoms with Crippen LogP contribution in [0.5, 0.6) is 0 Å². The van der Waals surface area contributed by atoms with Gasteiger partial charge in [0.1, 0.15) is 0 Å². The summed E-state index contributed by atoms with van der Waals surface area (Å²) in [6.45, 7) is 19.1. The highest BCUT2D eigenvalue weighted by Gasteiger charge is 2.49. The molecule has 0 aromatic rings. The molecule has 0 heterocycles. The Kier molecular flexibility index (Phi) is 12.4. The second kappa shape index (κ2) is 14.8. The van der Waals surface area contributed by atoms with E-state index in [4.69, 9.17) is 0 Å². The van der Waals surface area contributed by atoms with Crippen molar-refractivity contribution in [2.24, 2.45) is 10.8 Å². The summed E-state index contributed by atoms with van der Waals surface area (Å²) >= 11 is 0. The number of rotatable bonds is 10. The van der Waals surface area contributed by atoms with E-state index < -0.39 is 22.7 Å². The quantitative estimate of drug-likeness (QED) is 0.174. The molecule has 1 fully saturated rings. The van der Waals surface area contributed by atoms with Crippen molar-refractivity contribution in [2.75, 3.05) is 0 Å². The summed E-state index contributed by atoms with van der Waals surface area (Å²) in [7, 11) is 0. The molecule has 0 aromatic heterocycles. The van der Waals surface area contributed by atoms with Crippen molar-refractivity contribution >= 4 is 11.6 Å². The summed E-state index contributed by atoms with van der Waals surface area (Å²) in [5.41, 5.74) is 1.84. The Morgan fingerprint density at radius 2 is 1.36 bits per heavy atom. The zero-order valence-corrected chi connectivity index (χ0v) is 28.5. The molecule has 5 nitrogen and oxygen atoms in total. The molecule has 0 amide bonds. The van der Waals surface area contributed by atoms with Gasteiger partial charge in [-0.1, -0.05) is 111 Å². The Bertz CT molecular complexity index is 1360. The molecule has 3 unspecified atom stereocenters. The molecule has 0 aromatic carbocycles. The lowest BCUT2D eigenvalue weighted by atomic mass is 9.62. The lowest BCUT2D eigenvalue weighted by Gasteiger charge is -2.45. The van der Waals surface area contributed by atoms with Crippen LogP contribution in [0.25, 0.3) is 0 Å². The van der Waals surface area contributed by atoms with Gasteiger partial charge in [-0.25, -0.2) is 0 Å². The third-order valence-corrected chi connectivity index (χ3v) is 8.94. The van der Waals surface area contributed by atoms with E-state index in [0.717, 1.165) is 22.3 Å². The molecule has 2 rings (SSSR count). The molecule has 3 atom stereocenters. The van der Waals surface area contributed by atoms with Crippen LogP contribution in [0.4, 0.5) is 0 Å². The van der Waals surface area contributed by atoms with Crippen LogP contribution in [0.2, 0.25) is 0 Å². The van der Waals surface area contributed by atoms with Gasteiger partial charge in [0, 0.05) is 24.7 Å². The largest absolute Gasteiger partial charge is 0.393 e. The van der Waals surface area contributed by atoms with Crippen LogP contribution in [0, 0.1) is 10.8 Å². The summed E-state index contributed by atoms with van der Waals surface area (Å²) in [6.07, 6.45) is 23.7. The Morgan fingerprint density at radius 1 is 0.841 bits per heavy atom. The molecule has 0 spiro atoms. The van der Waals surface area contributed by atoms with Gasteiger partial charge in [-0.05, 0) is 76.2 Å². The Morgan fingerprint density at radius 3 is 1.89 bits per heavy atom. The predicted molar refractivity (Wildman–Crippen MR) is 182 cm³/mol. The standard InChI is InChI=1S/C39H54O5/c1-27(17-13-19-29(3)21-35-36(6,7)23-33(41)25-38(35,10)43)15-11-12-16-28(2)18-14-20-30(4)34(42)26-39(44)31(5)22-32(40)24-37(39,8)9/h11-22,33,41,43-44H,23-26H2,1-10H3/b12-11+,17-13+,18-14+,27-15+,28-16+,29-19+,30-20+,35-21+. The highest BCUT2D eigenvalue weighted by atomic mass is 16.3. The van der Waals surface area contributed by atoms with Crippen LogP contribution in [0.1, 0.15) is 94.9 Å². The Hall–Kier alpha value is -3.12. The summed E-state index contributed by atoms with van der Waals surface area (Å²) < 4.78 is 0. The Balaban J connectivity index is 1.98. The fraction of sp³-hybridized carbons (Fsp3) is 0.487. The van der Waals surface area contributed by atoms with Crippen molar-refractivity contribution in [1.82, 2.24) is 0 Å². The van der Waals surface area contributed by atoms with Crippen molar-refractivity contribution in [1.29, 1.82) is 0 Å². The van der Waals surface area contributed by atoms with Gasteiger partial charge in [0.15, 0.2) is 11.6 Å². The van der Waals surface area contributed by atoms with Crippen LogP contribution < -0.4 is 0 Å². The van der Waals surface area contributed by atoms with Gasteiger partial charge < -0.3 is 15.3 Å². The first-order valence-corrected chi connectivity index (χ1v) is 15.5. The van der Waals surface area contributed by atoms with Crippen LogP contribution in [0.15, 0.2) is 106 Å². The molecular formula is C39H54O5. The van der Waals surface area contributed by atoms with Gasteiger partial charge in [0.2, 0.25) is 0 Å². The molecule has 3 N–H and O–H groups in total. The molecule has 0 aliphatic heterocycles. The number of aliphatic hydroxyl groups excluding tert-OH is 1. The molecule has 0 radical (unpaired) electrons. The number of carbonyl (C=O) groups is 2. The first kappa shape index (κ1) is 37.1. The highest BCUT2D eigenvalue weighted by Crippen LogP contribution is 2.47. The van der Waals surface area contributed by atoms with E-state index in [2.05, 4.69) is 13.8 Å². The van der Waals surface area contributed by atoms with E-state index in [-0.39, 0.29) is 29.8 Å². The van der Waals surface area contributed by atoms with Gasteiger partial charge in [-0.15, -0.1) is 0 Å². The number of hydrogen-bond acceptors (Lipinski definition) is 5. The van der Waals surface area contributed by atoms with E-state index in [0.29, 0.717) is 24.0 Å². The molecule has 0 bridgehead atoms. The molecule has 2 aliphatic carbocycles. The molecule has 240 valence electrons. The van der Waals surface area contributed by atoms with Gasteiger partial charge in [-0.2, -0.15) is 0 Å². The monoisotopic (exact) mass is 602 g/mol. The molecule has 44 heavy (non-hydrogen) atoms. The smallest absolute Gasteiger partial charge is 0.161 e. The van der Waals surface area contributed by atoms with Crippen molar-refractivity contribution < 1.29 is 24.9 Å². The molecule has 1 saturated carbocycles. The fourth-order valence-electron chi connectivity index (χ4n) is 6.29. The summed E-state index contributed by atoms with van der Waals surface area (Å²) in [5.74, 6) is -0.165. The fourth-order valence-corrected chi connectivity index (χ4v) is 6.29. The van der Waals surface area contributed by atoms with E-state index in [1.165, 1.54) is 6.08 Å². The summed E-state index contributed by atoms with van der Waals surface area (Å²) in [6, 6.07) is 0. The predicted octanol–water partition coefficient (Wildman–Crippen LogP) is 7.93. The average Bonchev–Trinajstić information content (AvgIpc) is 2.86. The minimum absolute atomic E-state index is 0.0204. The highest BCUT2D eigenvalue weighted by molar-refractivity contribution is 5.97. The SMILES string of the molecule is CC1=CC(=O)CC(C)(C)C1(O)CC(=O)/C(C)=C/C=C/C(C)=C/C=C/C=C(C)/C=C/C=C(C)/C=C1\C(C)(C)CC(O)CC1(C)O. The van der Waals surface area contributed by atoms with Crippen molar-refractivity contribution in [2.45, 2.75) is 112 Å². The first-order valence-electron chi connectivity index (χ1n) is 15.5. The van der Waals surface area contributed by atoms with E-state index in [1.54, 1.807) is 26.8 Å². The number of allylic oxidation sites excluding steroid dienone is 16. The van der Waals surface area contributed by atoms with Crippen molar-refractivity contribution in [3.05, 3.63) is 106 Å². The molecule has 5 heteroatoms. The third-order valence-electron chi connectivity index (χ3n) is 8.94. The maximum absolute atomic E-state index is 12.9. The summed E-state index contributed by atoms with van der Waals surface area (Å²) in [5, 5.41) is 32.4. The van der Waals surface area contributed by atoms with E-state index in [9.17, 15) is 24.9 Å². The van der Waals surface area contributed by atoms with Crippen LogP contribution in [-0.2, 0) is 9.59 Å². The molecular weight excluding hydrogens is 548 g/mol. The van der Waals surface area contributed by atoms with Crippen LogP contribution in [0.3, 0.4) is 0 Å². The number of aliphatic hydroxyl groups is 3. The Labute approximate surface area is 265 Å².